The monoisotopic (exact) mass is 286 g/mol. The van der Waals surface area contributed by atoms with E-state index in [1.807, 2.05) is 6.92 Å². The topological polar surface area (TPSA) is 99.3 Å². The van der Waals surface area contributed by atoms with Crippen LogP contribution in [0.25, 0.3) is 0 Å². The van der Waals surface area contributed by atoms with Crippen LogP contribution in [-0.4, -0.2) is 30.5 Å². The zero-order valence-electron chi connectivity index (χ0n) is 10.7. The highest BCUT2D eigenvalue weighted by atomic mass is 32.2. The summed E-state index contributed by atoms with van der Waals surface area (Å²) in [5.41, 5.74) is -0.129. The fourth-order valence-electron chi connectivity index (χ4n) is 1.99. The van der Waals surface area contributed by atoms with Gasteiger partial charge in [0.15, 0.2) is 0 Å². The molecule has 1 atom stereocenters. The second-order valence-corrected chi connectivity index (χ2v) is 6.67. The molecule has 0 spiro atoms. The van der Waals surface area contributed by atoms with Gasteiger partial charge in [0, 0.05) is 12.2 Å². The minimum Gasteiger partial charge on any atom is -0.477 e. The normalized spacial score (nSPS) is 17.3. The Kier molecular flexibility index (Phi) is 3.96. The molecular weight excluding hydrogens is 268 g/mol. The number of sulfonamides is 1. The molecule has 0 amide bonds. The molecule has 1 fully saturated rings. The summed E-state index contributed by atoms with van der Waals surface area (Å²) < 4.78 is 26.9. The SMILES string of the molecule is CCC(CC1CC1)NS(=O)(=O)c1c[nH]c(C(=O)O)c1. The van der Waals surface area contributed by atoms with Crippen molar-refractivity contribution in [1.29, 1.82) is 0 Å². The highest BCUT2D eigenvalue weighted by Gasteiger charge is 2.28. The summed E-state index contributed by atoms with van der Waals surface area (Å²) in [5, 5.41) is 8.77. The average Bonchev–Trinajstić information content (AvgIpc) is 2.99. The zero-order valence-corrected chi connectivity index (χ0v) is 11.5. The molecule has 0 saturated heterocycles. The van der Waals surface area contributed by atoms with Crippen molar-refractivity contribution in [3.63, 3.8) is 0 Å². The first-order chi connectivity index (χ1) is 8.92. The first-order valence-corrected chi connectivity index (χ1v) is 7.84. The van der Waals surface area contributed by atoms with Gasteiger partial charge >= 0.3 is 5.97 Å². The van der Waals surface area contributed by atoms with Crippen molar-refractivity contribution in [2.24, 2.45) is 5.92 Å². The lowest BCUT2D eigenvalue weighted by Crippen LogP contribution is -2.34. The van der Waals surface area contributed by atoms with Crippen LogP contribution in [0.2, 0.25) is 0 Å². The summed E-state index contributed by atoms with van der Waals surface area (Å²) in [6.45, 7) is 1.94. The molecule has 2 rings (SSSR count). The molecule has 0 radical (unpaired) electrons. The lowest BCUT2D eigenvalue weighted by molar-refractivity contribution is 0.0691. The Balaban J connectivity index is 2.08. The van der Waals surface area contributed by atoms with E-state index < -0.39 is 16.0 Å². The molecule has 106 valence electrons. The maximum atomic E-state index is 12.1. The molecule has 1 saturated carbocycles. The number of hydrogen-bond acceptors (Lipinski definition) is 3. The molecule has 1 aromatic rings. The first-order valence-electron chi connectivity index (χ1n) is 6.36. The van der Waals surface area contributed by atoms with Crippen molar-refractivity contribution in [2.45, 2.75) is 43.5 Å². The smallest absolute Gasteiger partial charge is 0.352 e. The molecule has 19 heavy (non-hydrogen) atoms. The van der Waals surface area contributed by atoms with Gasteiger partial charge in [0.1, 0.15) is 10.6 Å². The van der Waals surface area contributed by atoms with E-state index in [2.05, 4.69) is 9.71 Å². The lowest BCUT2D eigenvalue weighted by Gasteiger charge is -2.15. The fraction of sp³-hybridized carbons (Fsp3) is 0.583. The maximum absolute atomic E-state index is 12.1. The van der Waals surface area contributed by atoms with Gasteiger partial charge in [-0.3, -0.25) is 0 Å². The Hall–Kier alpha value is -1.34. The van der Waals surface area contributed by atoms with Gasteiger partial charge in [-0.2, -0.15) is 0 Å². The quantitative estimate of drug-likeness (QED) is 0.708. The van der Waals surface area contributed by atoms with E-state index in [0.29, 0.717) is 5.92 Å². The van der Waals surface area contributed by atoms with Crippen LogP contribution in [0, 0.1) is 5.92 Å². The van der Waals surface area contributed by atoms with Gasteiger partial charge in [0.05, 0.1) is 0 Å². The van der Waals surface area contributed by atoms with Crippen molar-refractivity contribution in [3.05, 3.63) is 18.0 Å². The molecular formula is C12H18N2O4S. The molecule has 7 heteroatoms. The molecule has 0 aromatic carbocycles. The Bertz CT molecular complexity index is 560. The Labute approximate surface area is 112 Å². The Morgan fingerprint density at radius 2 is 2.26 bits per heavy atom. The third-order valence-corrected chi connectivity index (χ3v) is 4.83. The van der Waals surface area contributed by atoms with Gasteiger partial charge in [-0.1, -0.05) is 19.8 Å². The van der Waals surface area contributed by atoms with E-state index in [0.717, 1.165) is 18.9 Å². The maximum Gasteiger partial charge on any atom is 0.352 e. The first kappa shape index (κ1) is 14.1. The molecule has 1 aliphatic carbocycles. The zero-order chi connectivity index (χ0) is 14.0. The van der Waals surface area contributed by atoms with Gasteiger partial charge in [-0.25, -0.2) is 17.9 Å². The summed E-state index contributed by atoms with van der Waals surface area (Å²) in [7, 11) is -3.65. The molecule has 1 heterocycles. The molecule has 3 N–H and O–H groups in total. The number of aromatic nitrogens is 1. The van der Waals surface area contributed by atoms with Crippen LogP contribution in [0.3, 0.4) is 0 Å². The second-order valence-electron chi connectivity index (χ2n) is 4.96. The highest BCUT2D eigenvalue weighted by Crippen LogP contribution is 2.34. The number of carbonyl (C=O) groups is 1. The standard InChI is InChI=1S/C12H18N2O4S/c1-2-9(5-8-3-4-8)14-19(17,18)10-6-11(12(15)16)13-7-10/h6-9,13-14H,2-5H2,1H3,(H,15,16). The molecule has 0 bridgehead atoms. The van der Waals surface area contributed by atoms with Gasteiger partial charge in [0.2, 0.25) is 10.0 Å². The molecule has 0 aliphatic heterocycles. The third-order valence-electron chi connectivity index (χ3n) is 3.33. The number of aromatic amines is 1. The molecule has 1 aliphatic rings. The number of carboxylic acids is 1. The third kappa shape index (κ3) is 3.57. The van der Waals surface area contributed by atoms with Crippen LogP contribution in [0.5, 0.6) is 0 Å². The number of H-pyrrole nitrogens is 1. The Morgan fingerprint density at radius 1 is 1.58 bits per heavy atom. The molecule has 1 unspecified atom stereocenters. The van der Waals surface area contributed by atoms with Crippen LogP contribution < -0.4 is 4.72 Å². The largest absolute Gasteiger partial charge is 0.477 e. The van der Waals surface area contributed by atoms with Crippen molar-refractivity contribution in [1.82, 2.24) is 9.71 Å². The van der Waals surface area contributed by atoms with Gasteiger partial charge in [-0.15, -0.1) is 0 Å². The number of rotatable bonds is 7. The minimum atomic E-state index is -3.65. The van der Waals surface area contributed by atoms with Crippen LogP contribution in [0.1, 0.15) is 43.1 Å². The predicted molar refractivity (Wildman–Crippen MR) is 69.5 cm³/mol. The van der Waals surface area contributed by atoms with Gasteiger partial charge < -0.3 is 10.1 Å². The van der Waals surface area contributed by atoms with Gasteiger partial charge in [0.25, 0.3) is 0 Å². The number of hydrogen-bond donors (Lipinski definition) is 3. The lowest BCUT2D eigenvalue weighted by atomic mass is 10.1. The molecule has 1 aromatic heterocycles. The number of nitrogens with one attached hydrogen (secondary N) is 2. The summed E-state index contributed by atoms with van der Waals surface area (Å²) in [6, 6.07) is 1.05. The number of aromatic carboxylic acids is 1. The van der Waals surface area contributed by atoms with E-state index in [1.54, 1.807) is 0 Å². The van der Waals surface area contributed by atoms with Crippen LogP contribution in [0.15, 0.2) is 17.2 Å². The molecule has 6 nitrogen and oxygen atoms in total. The summed E-state index contributed by atoms with van der Waals surface area (Å²) in [4.78, 5) is 13.1. The van der Waals surface area contributed by atoms with Crippen molar-refractivity contribution in [3.8, 4) is 0 Å². The van der Waals surface area contributed by atoms with E-state index in [-0.39, 0.29) is 16.6 Å². The summed E-state index contributed by atoms with van der Waals surface area (Å²) >= 11 is 0. The van der Waals surface area contributed by atoms with Crippen LogP contribution >= 0.6 is 0 Å². The minimum absolute atomic E-state index is 0.0286. The van der Waals surface area contributed by atoms with Crippen molar-refractivity contribution >= 4 is 16.0 Å². The van der Waals surface area contributed by atoms with E-state index in [9.17, 15) is 13.2 Å². The van der Waals surface area contributed by atoms with Crippen LogP contribution in [-0.2, 0) is 10.0 Å². The predicted octanol–water partition coefficient (Wildman–Crippen LogP) is 1.57. The average molecular weight is 286 g/mol. The van der Waals surface area contributed by atoms with Gasteiger partial charge in [-0.05, 0) is 24.8 Å². The van der Waals surface area contributed by atoms with Crippen molar-refractivity contribution in [2.75, 3.05) is 0 Å². The van der Waals surface area contributed by atoms with Crippen LogP contribution in [0.4, 0.5) is 0 Å². The van der Waals surface area contributed by atoms with Crippen molar-refractivity contribution < 1.29 is 18.3 Å². The van der Waals surface area contributed by atoms with E-state index >= 15 is 0 Å². The fourth-order valence-corrected chi connectivity index (χ4v) is 3.32. The van der Waals surface area contributed by atoms with E-state index in [4.69, 9.17) is 5.11 Å². The second kappa shape index (κ2) is 5.34. The summed E-state index contributed by atoms with van der Waals surface area (Å²) in [6.07, 6.45) is 5.13. The highest BCUT2D eigenvalue weighted by molar-refractivity contribution is 7.89. The number of carboxylic acid groups (broad SMARTS) is 1. The Morgan fingerprint density at radius 3 is 2.74 bits per heavy atom. The summed E-state index contributed by atoms with van der Waals surface area (Å²) in [5.74, 6) is -0.542. The van der Waals surface area contributed by atoms with E-state index in [1.165, 1.54) is 19.0 Å².